The third-order valence-electron chi connectivity index (χ3n) is 5.60. The summed E-state index contributed by atoms with van der Waals surface area (Å²) in [4.78, 5) is 13.0. The Kier molecular flexibility index (Phi) is 5.71. The molecule has 0 saturated carbocycles. The second-order valence-electron chi connectivity index (χ2n) is 7.44. The van der Waals surface area contributed by atoms with Crippen LogP contribution in [0.25, 0.3) is 5.52 Å². The van der Waals surface area contributed by atoms with Gasteiger partial charge in [0.1, 0.15) is 5.82 Å². The van der Waals surface area contributed by atoms with Crippen molar-refractivity contribution in [2.24, 2.45) is 0 Å². The molecule has 1 aliphatic heterocycles. The van der Waals surface area contributed by atoms with Crippen LogP contribution >= 0.6 is 0 Å². The normalized spacial score (nSPS) is 17.5. The SMILES string of the molecule is O=C(O)/C=C/Cc1ccc([C@@H]2CCCN2CCc2cnn3ccccc23)cc1F. The van der Waals surface area contributed by atoms with Gasteiger partial charge in [0.15, 0.2) is 0 Å². The maximum absolute atomic E-state index is 14.5. The highest BCUT2D eigenvalue weighted by Crippen LogP contribution is 2.33. The zero-order valence-electron chi connectivity index (χ0n) is 16.2. The molecule has 6 heteroatoms. The van der Waals surface area contributed by atoms with E-state index >= 15 is 0 Å². The molecule has 1 fully saturated rings. The summed E-state index contributed by atoms with van der Waals surface area (Å²) < 4.78 is 16.4. The molecule has 5 nitrogen and oxygen atoms in total. The molecule has 2 aromatic heterocycles. The lowest BCUT2D eigenvalue weighted by molar-refractivity contribution is -0.131. The summed E-state index contributed by atoms with van der Waals surface area (Å²) in [7, 11) is 0. The van der Waals surface area contributed by atoms with Crippen molar-refractivity contribution in [2.45, 2.75) is 31.7 Å². The molecule has 1 atom stereocenters. The predicted molar refractivity (Wildman–Crippen MR) is 109 cm³/mol. The van der Waals surface area contributed by atoms with E-state index in [1.54, 1.807) is 12.1 Å². The van der Waals surface area contributed by atoms with Crippen LogP contribution < -0.4 is 0 Å². The highest BCUT2D eigenvalue weighted by molar-refractivity contribution is 5.79. The van der Waals surface area contributed by atoms with Crippen LogP contribution in [-0.4, -0.2) is 38.7 Å². The first-order chi connectivity index (χ1) is 14.1. The number of nitrogens with zero attached hydrogens (tertiary/aromatic N) is 3. The van der Waals surface area contributed by atoms with E-state index in [1.165, 1.54) is 11.6 Å². The number of benzene rings is 1. The first-order valence-corrected chi connectivity index (χ1v) is 9.95. The fourth-order valence-electron chi connectivity index (χ4n) is 4.14. The molecule has 150 valence electrons. The molecule has 3 aromatic rings. The number of likely N-dealkylation sites (tertiary alicyclic amines) is 1. The minimum atomic E-state index is -1.02. The van der Waals surface area contributed by atoms with E-state index < -0.39 is 5.97 Å². The fourth-order valence-corrected chi connectivity index (χ4v) is 4.14. The number of hydrogen-bond donors (Lipinski definition) is 1. The van der Waals surface area contributed by atoms with Gasteiger partial charge in [-0.3, -0.25) is 4.90 Å². The van der Waals surface area contributed by atoms with E-state index in [1.807, 2.05) is 35.1 Å². The molecular formula is C23H24FN3O2. The first-order valence-electron chi connectivity index (χ1n) is 9.95. The van der Waals surface area contributed by atoms with Crippen molar-refractivity contribution in [3.63, 3.8) is 0 Å². The van der Waals surface area contributed by atoms with Crippen LogP contribution in [-0.2, 0) is 17.6 Å². The lowest BCUT2D eigenvalue weighted by Gasteiger charge is -2.25. The summed E-state index contributed by atoms with van der Waals surface area (Å²) in [6.07, 6.45) is 9.71. The van der Waals surface area contributed by atoms with E-state index in [2.05, 4.69) is 16.1 Å². The molecule has 1 aromatic carbocycles. The molecule has 0 unspecified atom stereocenters. The van der Waals surface area contributed by atoms with Crippen LogP contribution in [0, 0.1) is 5.82 Å². The lowest BCUT2D eigenvalue weighted by Crippen LogP contribution is -2.25. The Bertz CT molecular complexity index is 1040. The van der Waals surface area contributed by atoms with Crippen LogP contribution in [0.15, 0.2) is 60.9 Å². The predicted octanol–water partition coefficient (Wildman–Crippen LogP) is 4.04. The smallest absolute Gasteiger partial charge is 0.327 e. The minimum Gasteiger partial charge on any atom is -0.478 e. The number of aliphatic carboxylic acids is 1. The summed E-state index contributed by atoms with van der Waals surface area (Å²) in [5.74, 6) is -1.29. The number of aromatic nitrogens is 2. The topological polar surface area (TPSA) is 57.8 Å². The fraction of sp³-hybridized carbons (Fsp3) is 0.304. The van der Waals surface area contributed by atoms with E-state index in [-0.39, 0.29) is 18.3 Å². The summed E-state index contributed by atoms with van der Waals surface area (Å²) in [5.41, 5.74) is 3.86. The highest BCUT2D eigenvalue weighted by atomic mass is 19.1. The molecule has 0 bridgehead atoms. The average Bonchev–Trinajstić information content (AvgIpc) is 3.34. The van der Waals surface area contributed by atoms with Crippen molar-refractivity contribution in [3.8, 4) is 0 Å². The maximum atomic E-state index is 14.5. The van der Waals surface area contributed by atoms with Crippen LogP contribution in [0.1, 0.15) is 35.6 Å². The van der Waals surface area contributed by atoms with Gasteiger partial charge in [-0.15, -0.1) is 0 Å². The molecule has 0 radical (unpaired) electrons. The number of allylic oxidation sites excluding steroid dienone is 1. The maximum Gasteiger partial charge on any atom is 0.327 e. The highest BCUT2D eigenvalue weighted by Gasteiger charge is 2.26. The molecule has 1 N–H and O–H groups in total. The van der Waals surface area contributed by atoms with E-state index in [0.29, 0.717) is 5.56 Å². The Hall–Kier alpha value is -2.99. The van der Waals surface area contributed by atoms with Crippen LogP contribution in [0.3, 0.4) is 0 Å². The second-order valence-corrected chi connectivity index (χ2v) is 7.44. The Balaban J connectivity index is 1.44. The van der Waals surface area contributed by atoms with Gasteiger partial charge in [0.25, 0.3) is 0 Å². The third-order valence-corrected chi connectivity index (χ3v) is 5.60. The van der Waals surface area contributed by atoms with E-state index in [0.717, 1.165) is 49.5 Å². The zero-order chi connectivity index (χ0) is 20.2. The Morgan fingerprint density at radius 1 is 1.28 bits per heavy atom. The van der Waals surface area contributed by atoms with Crippen LogP contribution in [0.5, 0.6) is 0 Å². The van der Waals surface area contributed by atoms with Gasteiger partial charge in [0, 0.05) is 24.9 Å². The number of carboxylic acid groups (broad SMARTS) is 1. The number of pyridine rings is 1. The monoisotopic (exact) mass is 393 g/mol. The molecule has 1 aliphatic rings. The molecule has 0 amide bonds. The average molecular weight is 393 g/mol. The number of carbonyl (C=O) groups is 1. The van der Waals surface area contributed by atoms with Gasteiger partial charge >= 0.3 is 5.97 Å². The van der Waals surface area contributed by atoms with Crippen LogP contribution in [0.2, 0.25) is 0 Å². The molecule has 3 heterocycles. The second kappa shape index (κ2) is 8.57. The summed E-state index contributed by atoms with van der Waals surface area (Å²) >= 11 is 0. The van der Waals surface area contributed by atoms with Crippen LogP contribution in [0.4, 0.5) is 4.39 Å². The number of halogens is 1. The van der Waals surface area contributed by atoms with Gasteiger partial charge in [0.2, 0.25) is 0 Å². The Morgan fingerprint density at radius 2 is 2.17 bits per heavy atom. The van der Waals surface area contributed by atoms with E-state index in [9.17, 15) is 9.18 Å². The molecule has 4 rings (SSSR count). The molecule has 29 heavy (non-hydrogen) atoms. The van der Waals surface area contributed by atoms with Gasteiger partial charge in [-0.05, 0) is 67.1 Å². The quantitative estimate of drug-likeness (QED) is 0.616. The summed E-state index contributed by atoms with van der Waals surface area (Å²) in [6, 6.07) is 11.7. The Morgan fingerprint density at radius 3 is 3.00 bits per heavy atom. The van der Waals surface area contributed by atoms with Gasteiger partial charge in [0.05, 0.1) is 11.7 Å². The summed E-state index contributed by atoms with van der Waals surface area (Å²) in [5, 5.41) is 13.1. The lowest BCUT2D eigenvalue weighted by atomic mass is 10.0. The van der Waals surface area contributed by atoms with Gasteiger partial charge in [-0.2, -0.15) is 5.10 Å². The minimum absolute atomic E-state index is 0.218. The van der Waals surface area contributed by atoms with Crippen molar-refractivity contribution in [1.29, 1.82) is 0 Å². The number of carboxylic acids is 1. The first kappa shape index (κ1) is 19.3. The van der Waals surface area contributed by atoms with Crippen molar-refractivity contribution >= 4 is 11.5 Å². The van der Waals surface area contributed by atoms with Crippen molar-refractivity contribution in [1.82, 2.24) is 14.5 Å². The van der Waals surface area contributed by atoms with Gasteiger partial charge in [-0.1, -0.05) is 24.3 Å². The summed E-state index contributed by atoms with van der Waals surface area (Å²) in [6.45, 7) is 1.92. The Labute approximate surface area is 169 Å². The number of rotatable bonds is 7. The standard InChI is InChI=1S/C23H24FN3O2/c24-20-15-18(10-9-17(20)5-3-8-23(28)29)21-7-4-12-26(21)14-11-19-16-25-27-13-2-1-6-22(19)27/h1-3,6,8-10,13,15-16,21H,4-5,7,11-12,14H2,(H,28,29)/b8-3+/t21-/m0/s1. The van der Waals surface area contributed by atoms with E-state index in [4.69, 9.17) is 5.11 Å². The molecule has 1 saturated heterocycles. The number of fused-ring (bicyclic) bond motifs is 1. The van der Waals surface area contributed by atoms with Crippen molar-refractivity contribution in [2.75, 3.05) is 13.1 Å². The molecular weight excluding hydrogens is 369 g/mol. The van der Waals surface area contributed by atoms with Gasteiger partial charge in [-0.25, -0.2) is 13.7 Å². The molecule has 0 spiro atoms. The number of hydrogen-bond acceptors (Lipinski definition) is 3. The zero-order valence-corrected chi connectivity index (χ0v) is 16.2. The van der Waals surface area contributed by atoms with Crippen molar-refractivity contribution < 1.29 is 14.3 Å². The third kappa shape index (κ3) is 4.38. The van der Waals surface area contributed by atoms with Gasteiger partial charge < -0.3 is 5.11 Å². The van der Waals surface area contributed by atoms with Crippen molar-refractivity contribution in [3.05, 3.63) is 83.5 Å². The largest absolute Gasteiger partial charge is 0.478 e. The molecule has 0 aliphatic carbocycles.